The van der Waals surface area contributed by atoms with E-state index in [9.17, 15) is 9.59 Å². The summed E-state index contributed by atoms with van der Waals surface area (Å²) in [5.41, 5.74) is 0.728. The smallest absolute Gasteiger partial charge is 0.414 e. The highest BCUT2D eigenvalue weighted by molar-refractivity contribution is 5.89. The van der Waals surface area contributed by atoms with E-state index in [1.165, 1.54) is 12.0 Å². The molecule has 2 amide bonds. The summed E-state index contributed by atoms with van der Waals surface area (Å²) in [5.74, 6) is 0.478. The second-order valence-corrected chi connectivity index (χ2v) is 4.55. The number of amides is 2. The molecule has 0 unspecified atom stereocenters. The van der Waals surface area contributed by atoms with Crippen molar-refractivity contribution in [2.45, 2.75) is 6.10 Å². The maximum Gasteiger partial charge on any atom is 0.414 e. The summed E-state index contributed by atoms with van der Waals surface area (Å²) in [6.07, 6.45) is -0.799. The Bertz CT molecular complexity index is 503. The van der Waals surface area contributed by atoms with Crippen molar-refractivity contribution in [1.29, 1.82) is 0 Å². The first kappa shape index (κ1) is 15.1. The summed E-state index contributed by atoms with van der Waals surface area (Å²) in [4.78, 5) is 24.7. The fourth-order valence-corrected chi connectivity index (χ4v) is 2.01. The fourth-order valence-electron chi connectivity index (χ4n) is 2.01. The SMILES string of the molecule is COCC(=O)NC[C@H]1CN(c2ccc(OC)cc2)C(=O)O1. The van der Waals surface area contributed by atoms with Gasteiger partial charge in [-0.1, -0.05) is 0 Å². The minimum absolute atomic E-state index is 0.0111. The lowest BCUT2D eigenvalue weighted by Crippen LogP contribution is -2.36. The van der Waals surface area contributed by atoms with Crippen molar-refractivity contribution >= 4 is 17.7 Å². The first-order chi connectivity index (χ1) is 10.1. The lowest BCUT2D eigenvalue weighted by atomic mass is 10.2. The van der Waals surface area contributed by atoms with Crippen molar-refractivity contribution in [3.8, 4) is 5.75 Å². The van der Waals surface area contributed by atoms with Gasteiger partial charge in [0.1, 0.15) is 18.5 Å². The Morgan fingerprint density at radius 3 is 2.71 bits per heavy atom. The Balaban J connectivity index is 1.91. The number of hydrogen-bond acceptors (Lipinski definition) is 5. The second-order valence-electron chi connectivity index (χ2n) is 4.55. The highest BCUT2D eigenvalue weighted by atomic mass is 16.6. The zero-order chi connectivity index (χ0) is 15.2. The number of rotatable bonds is 6. The average Bonchev–Trinajstić information content (AvgIpc) is 2.87. The molecule has 114 valence electrons. The largest absolute Gasteiger partial charge is 0.497 e. The predicted octanol–water partition coefficient (Wildman–Crippen LogP) is 0.783. The standard InChI is InChI=1S/C14H18N2O5/c1-19-9-13(17)15-7-12-8-16(14(18)21-12)10-3-5-11(20-2)6-4-10/h3-6,12H,7-9H2,1-2H3,(H,15,17)/t12-/m0/s1. The minimum atomic E-state index is -0.425. The molecule has 2 rings (SSSR count). The van der Waals surface area contributed by atoms with Gasteiger partial charge in [-0.2, -0.15) is 0 Å². The summed E-state index contributed by atoms with van der Waals surface area (Å²) < 4.78 is 15.0. The molecule has 21 heavy (non-hydrogen) atoms. The van der Waals surface area contributed by atoms with Crippen LogP contribution >= 0.6 is 0 Å². The molecule has 1 saturated heterocycles. The molecule has 1 N–H and O–H groups in total. The number of ether oxygens (including phenoxy) is 3. The van der Waals surface area contributed by atoms with Crippen LogP contribution in [0.25, 0.3) is 0 Å². The number of benzene rings is 1. The Morgan fingerprint density at radius 1 is 1.38 bits per heavy atom. The summed E-state index contributed by atoms with van der Waals surface area (Å²) in [5, 5.41) is 2.65. The van der Waals surface area contributed by atoms with Crippen LogP contribution in [0, 0.1) is 0 Å². The Kier molecular flexibility index (Phi) is 4.99. The molecule has 0 aromatic heterocycles. The van der Waals surface area contributed by atoms with Gasteiger partial charge in [0, 0.05) is 12.8 Å². The van der Waals surface area contributed by atoms with Crippen LogP contribution in [0.15, 0.2) is 24.3 Å². The molecule has 1 fully saturated rings. The molecule has 0 spiro atoms. The first-order valence-electron chi connectivity index (χ1n) is 6.52. The number of methoxy groups -OCH3 is 2. The molecule has 0 radical (unpaired) electrons. The van der Waals surface area contributed by atoms with Gasteiger partial charge in [0.15, 0.2) is 0 Å². The number of anilines is 1. The van der Waals surface area contributed by atoms with Gasteiger partial charge in [-0.05, 0) is 24.3 Å². The molecular weight excluding hydrogens is 276 g/mol. The third kappa shape index (κ3) is 3.85. The van der Waals surface area contributed by atoms with E-state index in [2.05, 4.69) is 5.32 Å². The van der Waals surface area contributed by atoms with E-state index in [4.69, 9.17) is 14.2 Å². The molecule has 0 bridgehead atoms. The van der Waals surface area contributed by atoms with Crippen LogP contribution in [0.2, 0.25) is 0 Å². The summed E-state index contributed by atoms with van der Waals surface area (Å²) in [6.45, 7) is 0.641. The maximum absolute atomic E-state index is 11.8. The molecule has 0 saturated carbocycles. The van der Waals surface area contributed by atoms with Crippen LogP contribution in [-0.2, 0) is 14.3 Å². The predicted molar refractivity (Wildman–Crippen MR) is 75.5 cm³/mol. The van der Waals surface area contributed by atoms with Crippen LogP contribution in [-0.4, -0.2) is 52.0 Å². The molecule has 1 aromatic carbocycles. The number of nitrogens with one attached hydrogen (secondary N) is 1. The summed E-state index contributed by atoms with van der Waals surface area (Å²) in [6, 6.07) is 7.12. The van der Waals surface area contributed by atoms with E-state index >= 15 is 0 Å². The normalized spacial score (nSPS) is 17.5. The van der Waals surface area contributed by atoms with Crippen molar-refractivity contribution in [3.63, 3.8) is 0 Å². The van der Waals surface area contributed by atoms with E-state index < -0.39 is 6.09 Å². The second kappa shape index (κ2) is 6.94. The van der Waals surface area contributed by atoms with Gasteiger partial charge < -0.3 is 19.5 Å². The van der Waals surface area contributed by atoms with Crippen LogP contribution in [0.3, 0.4) is 0 Å². The van der Waals surface area contributed by atoms with Gasteiger partial charge in [-0.25, -0.2) is 4.79 Å². The van der Waals surface area contributed by atoms with Crippen LogP contribution < -0.4 is 15.0 Å². The van der Waals surface area contributed by atoms with Crippen LogP contribution in [0.4, 0.5) is 10.5 Å². The van der Waals surface area contributed by atoms with E-state index in [0.29, 0.717) is 6.54 Å². The number of hydrogen-bond donors (Lipinski definition) is 1. The molecule has 1 atom stereocenters. The van der Waals surface area contributed by atoms with Crippen molar-refractivity contribution < 1.29 is 23.8 Å². The topological polar surface area (TPSA) is 77.1 Å². The number of cyclic esters (lactones) is 1. The molecule has 1 aliphatic heterocycles. The fraction of sp³-hybridized carbons (Fsp3) is 0.429. The van der Waals surface area contributed by atoms with Crippen molar-refractivity contribution in [3.05, 3.63) is 24.3 Å². The zero-order valence-electron chi connectivity index (χ0n) is 12.0. The van der Waals surface area contributed by atoms with E-state index in [1.807, 2.05) is 0 Å². The van der Waals surface area contributed by atoms with Gasteiger partial charge in [0.25, 0.3) is 0 Å². The van der Waals surface area contributed by atoms with E-state index in [1.54, 1.807) is 31.4 Å². The van der Waals surface area contributed by atoms with Gasteiger partial charge in [0.05, 0.1) is 20.2 Å². The molecule has 1 heterocycles. The van der Waals surface area contributed by atoms with Crippen molar-refractivity contribution in [2.75, 3.05) is 38.8 Å². The number of carbonyl (C=O) groups excluding carboxylic acids is 2. The lowest BCUT2D eigenvalue weighted by Gasteiger charge is -2.13. The molecule has 7 heteroatoms. The molecule has 7 nitrogen and oxygen atoms in total. The summed E-state index contributed by atoms with van der Waals surface area (Å²) >= 11 is 0. The third-order valence-corrected chi connectivity index (χ3v) is 3.06. The Hall–Kier alpha value is -2.28. The monoisotopic (exact) mass is 294 g/mol. The highest BCUT2D eigenvalue weighted by Gasteiger charge is 2.32. The lowest BCUT2D eigenvalue weighted by molar-refractivity contribution is -0.125. The number of carbonyl (C=O) groups is 2. The van der Waals surface area contributed by atoms with Crippen LogP contribution in [0.1, 0.15) is 0 Å². The summed E-state index contributed by atoms with van der Waals surface area (Å²) in [7, 11) is 3.03. The van der Waals surface area contributed by atoms with Crippen molar-refractivity contribution in [1.82, 2.24) is 5.32 Å². The number of nitrogens with zero attached hydrogens (tertiary/aromatic N) is 1. The van der Waals surface area contributed by atoms with Crippen molar-refractivity contribution in [2.24, 2.45) is 0 Å². The minimum Gasteiger partial charge on any atom is -0.497 e. The molecule has 0 aliphatic carbocycles. The van der Waals surface area contributed by atoms with E-state index in [0.717, 1.165) is 11.4 Å². The molecule has 1 aromatic rings. The quantitative estimate of drug-likeness (QED) is 0.839. The van der Waals surface area contributed by atoms with Gasteiger partial charge in [0.2, 0.25) is 5.91 Å². The molecular formula is C14H18N2O5. The van der Waals surface area contributed by atoms with E-state index in [-0.39, 0.29) is 25.2 Å². The Morgan fingerprint density at radius 2 is 2.10 bits per heavy atom. The van der Waals surface area contributed by atoms with Gasteiger partial charge >= 0.3 is 6.09 Å². The highest BCUT2D eigenvalue weighted by Crippen LogP contribution is 2.23. The van der Waals surface area contributed by atoms with Crippen LogP contribution in [0.5, 0.6) is 5.75 Å². The zero-order valence-corrected chi connectivity index (χ0v) is 12.0. The molecule has 1 aliphatic rings. The first-order valence-corrected chi connectivity index (χ1v) is 6.52. The average molecular weight is 294 g/mol. The third-order valence-electron chi connectivity index (χ3n) is 3.06. The maximum atomic E-state index is 11.8. The van der Waals surface area contributed by atoms with Gasteiger partial charge in [-0.15, -0.1) is 0 Å². The Labute approximate surface area is 122 Å². The van der Waals surface area contributed by atoms with Gasteiger partial charge in [-0.3, -0.25) is 9.69 Å².